The molecule has 0 aliphatic heterocycles. The van der Waals surface area contributed by atoms with E-state index in [4.69, 9.17) is 23.7 Å². The summed E-state index contributed by atoms with van der Waals surface area (Å²) in [5.74, 6) is 0.829. The molecule has 0 unspecified atom stereocenters. The van der Waals surface area contributed by atoms with Crippen LogP contribution in [0.15, 0.2) is 42.5 Å². The van der Waals surface area contributed by atoms with Crippen molar-refractivity contribution in [3.05, 3.63) is 48.0 Å². The van der Waals surface area contributed by atoms with Crippen molar-refractivity contribution in [2.45, 2.75) is 13.0 Å². The molecule has 0 aliphatic rings. The summed E-state index contributed by atoms with van der Waals surface area (Å²) in [7, 11) is 6.04. The standard InChI is InChI=1S/C22H25NO7/c1-14(22(25)23-16-7-6-8-17(13-16)26-2)30-20(24)10-9-15-11-18(27-3)21(29-5)19(12-15)28-4/h6-14H,1-5H3,(H,23,25)/b10-9+/t14-/m1/s1. The van der Waals surface area contributed by atoms with Crippen LogP contribution in [0.25, 0.3) is 6.08 Å². The van der Waals surface area contributed by atoms with Crippen LogP contribution in [0.4, 0.5) is 5.69 Å². The van der Waals surface area contributed by atoms with Crippen molar-refractivity contribution in [2.24, 2.45) is 0 Å². The Labute approximate surface area is 175 Å². The molecule has 1 N–H and O–H groups in total. The number of hydrogen-bond donors (Lipinski definition) is 1. The number of nitrogens with one attached hydrogen (secondary N) is 1. The van der Waals surface area contributed by atoms with Gasteiger partial charge in [-0.3, -0.25) is 4.79 Å². The number of carbonyl (C=O) groups is 2. The first kappa shape index (κ1) is 22.6. The van der Waals surface area contributed by atoms with Crippen LogP contribution in [-0.4, -0.2) is 46.4 Å². The summed E-state index contributed by atoms with van der Waals surface area (Å²) >= 11 is 0. The number of methoxy groups -OCH3 is 4. The summed E-state index contributed by atoms with van der Waals surface area (Å²) in [6, 6.07) is 10.2. The minimum atomic E-state index is -0.992. The Bertz CT molecular complexity index is 898. The molecule has 1 amide bonds. The molecule has 0 saturated heterocycles. The van der Waals surface area contributed by atoms with Gasteiger partial charge in [-0.15, -0.1) is 0 Å². The average Bonchev–Trinajstić information content (AvgIpc) is 2.76. The molecule has 0 bridgehead atoms. The van der Waals surface area contributed by atoms with Gasteiger partial charge in [0.15, 0.2) is 17.6 Å². The normalized spacial score (nSPS) is 11.5. The zero-order chi connectivity index (χ0) is 22.1. The Morgan fingerprint density at radius 1 is 0.933 bits per heavy atom. The van der Waals surface area contributed by atoms with Crippen LogP contribution in [-0.2, 0) is 14.3 Å². The van der Waals surface area contributed by atoms with Crippen molar-refractivity contribution in [1.29, 1.82) is 0 Å². The van der Waals surface area contributed by atoms with Crippen molar-refractivity contribution < 1.29 is 33.3 Å². The van der Waals surface area contributed by atoms with E-state index in [1.54, 1.807) is 36.4 Å². The van der Waals surface area contributed by atoms with Gasteiger partial charge < -0.3 is 29.0 Å². The Morgan fingerprint density at radius 3 is 2.17 bits per heavy atom. The summed E-state index contributed by atoms with van der Waals surface area (Å²) in [4.78, 5) is 24.4. The Hall–Kier alpha value is -3.68. The largest absolute Gasteiger partial charge is 0.497 e. The second-order valence-corrected chi connectivity index (χ2v) is 6.09. The summed E-state index contributed by atoms with van der Waals surface area (Å²) in [5.41, 5.74) is 1.17. The van der Waals surface area contributed by atoms with Gasteiger partial charge in [-0.25, -0.2) is 4.79 Å². The lowest BCUT2D eigenvalue weighted by Crippen LogP contribution is -2.29. The van der Waals surface area contributed by atoms with Gasteiger partial charge in [-0.1, -0.05) is 6.07 Å². The third kappa shape index (κ3) is 5.91. The van der Waals surface area contributed by atoms with Crippen molar-refractivity contribution in [3.8, 4) is 23.0 Å². The fraction of sp³-hybridized carbons (Fsp3) is 0.273. The molecule has 30 heavy (non-hydrogen) atoms. The van der Waals surface area contributed by atoms with E-state index in [-0.39, 0.29) is 0 Å². The lowest BCUT2D eigenvalue weighted by atomic mass is 10.1. The zero-order valence-corrected chi connectivity index (χ0v) is 17.6. The number of amides is 1. The highest BCUT2D eigenvalue weighted by molar-refractivity contribution is 5.96. The van der Waals surface area contributed by atoms with Gasteiger partial charge in [0.25, 0.3) is 5.91 Å². The Kier molecular flexibility index (Phi) is 8.10. The number of rotatable bonds is 9. The third-order valence-corrected chi connectivity index (χ3v) is 4.10. The Balaban J connectivity index is 2.02. The molecule has 2 aromatic carbocycles. The van der Waals surface area contributed by atoms with Crippen LogP contribution in [0, 0.1) is 0 Å². The van der Waals surface area contributed by atoms with Crippen LogP contribution in [0.3, 0.4) is 0 Å². The first-order valence-corrected chi connectivity index (χ1v) is 9.05. The first-order chi connectivity index (χ1) is 14.4. The van der Waals surface area contributed by atoms with Crippen molar-refractivity contribution in [1.82, 2.24) is 0 Å². The molecular weight excluding hydrogens is 390 g/mol. The zero-order valence-electron chi connectivity index (χ0n) is 17.6. The monoisotopic (exact) mass is 415 g/mol. The summed E-state index contributed by atoms with van der Waals surface area (Å²) in [6.45, 7) is 1.49. The highest BCUT2D eigenvalue weighted by atomic mass is 16.5. The molecule has 0 aliphatic carbocycles. The molecular formula is C22H25NO7. The number of ether oxygens (including phenoxy) is 5. The van der Waals surface area contributed by atoms with E-state index in [0.717, 1.165) is 0 Å². The highest BCUT2D eigenvalue weighted by Gasteiger charge is 2.17. The average molecular weight is 415 g/mol. The molecule has 0 spiro atoms. The SMILES string of the molecule is COc1cccc(NC(=O)[C@@H](C)OC(=O)/C=C/c2cc(OC)c(OC)c(OC)c2)c1. The predicted octanol–water partition coefficient (Wildman–Crippen LogP) is 3.30. The van der Waals surface area contributed by atoms with E-state index < -0.39 is 18.0 Å². The molecule has 0 fully saturated rings. The van der Waals surface area contributed by atoms with Gasteiger partial charge in [-0.2, -0.15) is 0 Å². The molecule has 8 heteroatoms. The van der Waals surface area contributed by atoms with E-state index in [9.17, 15) is 9.59 Å². The molecule has 0 heterocycles. The molecule has 1 atom stereocenters. The number of carbonyl (C=O) groups excluding carboxylic acids is 2. The van der Waals surface area contributed by atoms with E-state index in [0.29, 0.717) is 34.2 Å². The van der Waals surface area contributed by atoms with Gasteiger partial charge in [0.1, 0.15) is 5.75 Å². The molecule has 8 nitrogen and oxygen atoms in total. The maximum absolute atomic E-state index is 12.3. The maximum Gasteiger partial charge on any atom is 0.331 e. The lowest BCUT2D eigenvalue weighted by Gasteiger charge is -2.13. The molecule has 0 radical (unpaired) electrons. The van der Waals surface area contributed by atoms with Crippen LogP contribution >= 0.6 is 0 Å². The summed E-state index contributed by atoms with van der Waals surface area (Å²) in [6.07, 6.45) is 1.75. The number of anilines is 1. The van der Waals surface area contributed by atoms with E-state index in [1.807, 2.05) is 0 Å². The van der Waals surface area contributed by atoms with Gasteiger partial charge in [0.2, 0.25) is 5.75 Å². The van der Waals surface area contributed by atoms with Gasteiger partial charge in [0.05, 0.1) is 28.4 Å². The van der Waals surface area contributed by atoms with E-state index in [1.165, 1.54) is 47.5 Å². The quantitative estimate of drug-likeness (QED) is 0.496. The minimum Gasteiger partial charge on any atom is -0.497 e. The topological polar surface area (TPSA) is 92.3 Å². The Morgan fingerprint density at radius 2 is 1.60 bits per heavy atom. The van der Waals surface area contributed by atoms with Gasteiger partial charge in [-0.05, 0) is 42.8 Å². The van der Waals surface area contributed by atoms with Crippen LogP contribution in [0.2, 0.25) is 0 Å². The predicted molar refractivity (Wildman–Crippen MR) is 112 cm³/mol. The van der Waals surface area contributed by atoms with Crippen LogP contribution in [0.1, 0.15) is 12.5 Å². The molecule has 0 saturated carbocycles. The van der Waals surface area contributed by atoms with Gasteiger partial charge in [0, 0.05) is 17.8 Å². The van der Waals surface area contributed by atoms with Crippen LogP contribution < -0.4 is 24.3 Å². The second-order valence-electron chi connectivity index (χ2n) is 6.09. The molecule has 160 valence electrons. The van der Waals surface area contributed by atoms with Crippen molar-refractivity contribution in [2.75, 3.05) is 33.8 Å². The van der Waals surface area contributed by atoms with Crippen LogP contribution in [0.5, 0.6) is 23.0 Å². The minimum absolute atomic E-state index is 0.447. The summed E-state index contributed by atoms with van der Waals surface area (Å²) < 4.78 is 26.1. The van der Waals surface area contributed by atoms with Crippen molar-refractivity contribution >= 4 is 23.6 Å². The smallest absolute Gasteiger partial charge is 0.331 e. The lowest BCUT2D eigenvalue weighted by molar-refractivity contribution is -0.148. The maximum atomic E-state index is 12.3. The highest BCUT2D eigenvalue weighted by Crippen LogP contribution is 2.38. The second kappa shape index (κ2) is 10.8. The van der Waals surface area contributed by atoms with E-state index >= 15 is 0 Å². The van der Waals surface area contributed by atoms with Crippen molar-refractivity contribution in [3.63, 3.8) is 0 Å². The third-order valence-electron chi connectivity index (χ3n) is 4.10. The fourth-order valence-electron chi connectivity index (χ4n) is 2.57. The number of benzene rings is 2. The van der Waals surface area contributed by atoms with Gasteiger partial charge >= 0.3 is 5.97 Å². The number of hydrogen-bond acceptors (Lipinski definition) is 7. The van der Waals surface area contributed by atoms with E-state index in [2.05, 4.69) is 5.32 Å². The molecule has 0 aromatic heterocycles. The molecule has 2 aromatic rings. The fourth-order valence-corrected chi connectivity index (χ4v) is 2.57. The molecule has 2 rings (SSSR count). The first-order valence-electron chi connectivity index (χ1n) is 9.05. The number of esters is 1. The summed E-state index contributed by atoms with van der Waals surface area (Å²) in [5, 5.41) is 2.67.